The van der Waals surface area contributed by atoms with Crippen molar-refractivity contribution in [2.75, 3.05) is 38.8 Å². The zero-order chi connectivity index (χ0) is 21.9. The molecule has 0 aliphatic rings. The van der Waals surface area contributed by atoms with Crippen LogP contribution in [0.1, 0.15) is 11.3 Å². The summed E-state index contributed by atoms with van der Waals surface area (Å²) in [5.74, 6) is 0.293. The predicted molar refractivity (Wildman–Crippen MR) is 118 cm³/mol. The number of ether oxygens (including phenoxy) is 2. The van der Waals surface area contributed by atoms with E-state index in [0.29, 0.717) is 44.2 Å². The van der Waals surface area contributed by atoms with E-state index >= 15 is 0 Å². The minimum atomic E-state index is -0.225. The summed E-state index contributed by atoms with van der Waals surface area (Å²) >= 11 is 0. The molecule has 3 rings (SSSR count). The van der Waals surface area contributed by atoms with E-state index in [-0.39, 0.29) is 11.8 Å². The molecule has 0 aliphatic carbocycles. The molecule has 0 bridgehead atoms. The molecular weight excluding hydrogens is 399 g/mol. The van der Waals surface area contributed by atoms with Gasteiger partial charge in [-0.05, 0) is 30.0 Å². The van der Waals surface area contributed by atoms with Crippen molar-refractivity contribution in [1.82, 2.24) is 10.5 Å². The van der Waals surface area contributed by atoms with Crippen molar-refractivity contribution in [2.24, 2.45) is 0 Å². The van der Waals surface area contributed by atoms with Crippen LogP contribution < -0.4 is 10.6 Å². The van der Waals surface area contributed by atoms with Crippen molar-refractivity contribution in [3.05, 3.63) is 71.7 Å². The lowest BCUT2D eigenvalue weighted by molar-refractivity contribution is 0.0734. The molecule has 0 spiro atoms. The topological polar surface area (TPSA) is 92.4 Å². The monoisotopic (exact) mass is 426 g/mol. The van der Waals surface area contributed by atoms with Gasteiger partial charge in [0, 0.05) is 25.3 Å². The Morgan fingerprint density at radius 3 is 2.65 bits per heavy atom. The normalized spacial score (nSPS) is 10.8. The third kappa shape index (κ3) is 7.20. The summed E-state index contributed by atoms with van der Waals surface area (Å²) in [7, 11) is 1.62. The number of aryl methyl sites for hydroxylation is 2. The number of anilines is 1. The van der Waals surface area contributed by atoms with Crippen molar-refractivity contribution in [2.45, 2.75) is 12.8 Å². The molecule has 2 aromatic carbocycles. The SMILES string of the molecule is COCCOCCNC(=N)Nc1cc(CCc2ccc(-c3ccccc3F)cc2)no1. The fraction of sp³-hybridized carbons (Fsp3) is 0.304. The Hall–Kier alpha value is -3.23. The minimum Gasteiger partial charge on any atom is -0.382 e. The highest BCUT2D eigenvalue weighted by molar-refractivity contribution is 5.89. The van der Waals surface area contributed by atoms with Crippen LogP contribution in [-0.2, 0) is 22.3 Å². The number of hydrogen-bond acceptors (Lipinski definition) is 5. The van der Waals surface area contributed by atoms with E-state index in [1.165, 1.54) is 6.07 Å². The van der Waals surface area contributed by atoms with E-state index in [0.717, 1.165) is 23.2 Å². The van der Waals surface area contributed by atoms with Gasteiger partial charge in [0.25, 0.3) is 0 Å². The number of benzene rings is 2. The third-order valence-electron chi connectivity index (χ3n) is 4.60. The summed E-state index contributed by atoms with van der Waals surface area (Å²) in [6.45, 7) is 2.05. The Morgan fingerprint density at radius 1 is 1.06 bits per heavy atom. The molecule has 7 nitrogen and oxygen atoms in total. The zero-order valence-electron chi connectivity index (χ0n) is 17.5. The molecule has 0 fully saturated rings. The highest BCUT2D eigenvalue weighted by Gasteiger charge is 2.07. The highest BCUT2D eigenvalue weighted by Crippen LogP contribution is 2.23. The lowest BCUT2D eigenvalue weighted by Crippen LogP contribution is -2.32. The maximum absolute atomic E-state index is 13.9. The quantitative estimate of drug-likeness (QED) is 0.245. The molecule has 1 aromatic heterocycles. The lowest BCUT2D eigenvalue weighted by atomic mass is 10.0. The number of methoxy groups -OCH3 is 1. The molecule has 0 aliphatic heterocycles. The van der Waals surface area contributed by atoms with Gasteiger partial charge in [-0.3, -0.25) is 10.7 Å². The lowest BCUT2D eigenvalue weighted by Gasteiger charge is -2.08. The van der Waals surface area contributed by atoms with Crippen LogP contribution in [0.4, 0.5) is 10.3 Å². The van der Waals surface area contributed by atoms with Crippen molar-refractivity contribution in [1.29, 1.82) is 5.41 Å². The van der Waals surface area contributed by atoms with Gasteiger partial charge < -0.3 is 19.3 Å². The molecule has 3 aromatic rings. The molecule has 0 unspecified atom stereocenters. The Balaban J connectivity index is 1.42. The van der Waals surface area contributed by atoms with Crippen LogP contribution in [0, 0.1) is 11.2 Å². The summed E-state index contributed by atoms with van der Waals surface area (Å²) in [5, 5.41) is 17.6. The molecule has 0 amide bonds. The fourth-order valence-corrected chi connectivity index (χ4v) is 2.97. The Kier molecular flexibility index (Phi) is 8.57. The third-order valence-corrected chi connectivity index (χ3v) is 4.60. The van der Waals surface area contributed by atoms with Gasteiger partial charge in [0.1, 0.15) is 5.82 Å². The van der Waals surface area contributed by atoms with Gasteiger partial charge in [-0.2, -0.15) is 0 Å². The average molecular weight is 426 g/mol. The van der Waals surface area contributed by atoms with Crippen LogP contribution in [0.15, 0.2) is 59.1 Å². The summed E-state index contributed by atoms with van der Waals surface area (Å²) in [4.78, 5) is 0. The second-order valence-electron chi connectivity index (χ2n) is 6.89. The van der Waals surface area contributed by atoms with Gasteiger partial charge in [0.15, 0.2) is 5.96 Å². The molecule has 0 atom stereocenters. The zero-order valence-corrected chi connectivity index (χ0v) is 17.5. The van der Waals surface area contributed by atoms with Crippen molar-refractivity contribution in [3.63, 3.8) is 0 Å². The van der Waals surface area contributed by atoms with Crippen molar-refractivity contribution >= 4 is 11.8 Å². The Labute approximate surface area is 181 Å². The van der Waals surface area contributed by atoms with Crippen LogP contribution in [0.2, 0.25) is 0 Å². The summed E-state index contributed by atoms with van der Waals surface area (Å²) in [5.41, 5.74) is 3.36. The van der Waals surface area contributed by atoms with Gasteiger partial charge in [0.05, 0.1) is 25.5 Å². The van der Waals surface area contributed by atoms with Crippen molar-refractivity contribution < 1.29 is 18.4 Å². The van der Waals surface area contributed by atoms with Crippen LogP contribution in [-0.4, -0.2) is 44.6 Å². The first-order valence-electron chi connectivity index (χ1n) is 10.1. The summed E-state index contributed by atoms with van der Waals surface area (Å²) in [6, 6.07) is 16.4. The number of nitrogens with one attached hydrogen (secondary N) is 3. The fourth-order valence-electron chi connectivity index (χ4n) is 2.97. The smallest absolute Gasteiger partial charge is 0.231 e. The molecule has 0 saturated carbocycles. The van der Waals surface area contributed by atoms with Crippen LogP contribution in [0.5, 0.6) is 0 Å². The largest absolute Gasteiger partial charge is 0.382 e. The van der Waals surface area contributed by atoms with Gasteiger partial charge in [-0.15, -0.1) is 0 Å². The van der Waals surface area contributed by atoms with E-state index in [2.05, 4.69) is 15.8 Å². The number of halogens is 1. The van der Waals surface area contributed by atoms with E-state index in [1.54, 1.807) is 25.3 Å². The standard InChI is InChI=1S/C23H27FN4O3/c1-29-14-15-30-13-12-26-23(25)27-22-16-19(28-31-22)11-8-17-6-9-18(10-7-17)20-4-2-3-5-21(20)24/h2-7,9-10,16H,8,11-15H2,1H3,(H3,25,26,27). The summed E-state index contributed by atoms with van der Waals surface area (Å²) in [6.07, 6.45) is 1.47. The number of hydrogen-bond donors (Lipinski definition) is 3. The first-order valence-corrected chi connectivity index (χ1v) is 10.1. The average Bonchev–Trinajstić information content (AvgIpc) is 3.23. The minimum absolute atomic E-state index is 0.113. The molecule has 0 radical (unpaired) electrons. The van der Waals surface area contributed by atoms with Crippen LogP contribution in [0.25, 0.3) is 11.1 Å². The van der Waals surface area contributed by atoms with E-state index in [1.807, 2.05) is 30.3 Å². The molecule has 8 heteroatoms. The van der Waals surface area contributed by atoms with Crippen molar-refractivity contribution in [3.8, 4) is 11.1 Å². The van der Waals surface area contributed by atoms with Gasteiger partial charge in [-0.25, -0.2) is 4.39 Å². The van der Waals surface area contributed by atoms with Crippen LogP contribution >= 0.6 is 0 Å². The molecule has 0 saturated heterocycles. The maximum atomic E-state index is 13.9. The second-order valence-corrected chi connectivity index (χ2v) is 6.89. The molecule has 1 heterocycles. The molecule has 31 heavy (non-hydrogen) atoms. The number of guanidine groups is 1. The van der Waals surface area contributed by atoms with Gasteiger partial charge >= 0.3 is 0 Å². The molecule has 164 valence electrons. The maximum Gasteiger partial charge on any atom is 0.231 e. The van der Waals surface area contributed by atoms with Gasteiger partial charge in [0.2, 0.25) is 5.88 Å². The first-order chi connectivity index (χ1) is 15.2. The second kappa shape index (κ2) is 11.8. The highest BCUT2D eigenvalue weighted by atomic mass is 19.1. The van der Waals surface area contributed by atoms with E-state index in [9.17, 15) is 4.39 Å². The van der Waals surface area contributed by atoms with Gasteiger partial charge in [-0.1, -0.05) is 47.6 Å². The number of rotatable bonds is 11. The van der Waals surface area contributed by atoms with Crippen LogP contribution in [0.3, 0.4) is 0 Å². The first kappa shape index (κ1) is 22.5. The van der Waals surface area contributed by atoms with E-state index in [4.69, 9.17) is 19.4 Å². The Morgan fingerprint density at radius 2 is 1.87 bits per heavy atom. The Bertz CT molecular complexity index is 959. The molecule has 3 N–H and O–H groups in total. The summed E-state index contributed by atoms with van der Waals surface area (Å²) < 4.78 is 29.4. The number of nitrogens with zero attached hydrogens (tertiary/aromatic N) is 1. The number of aromatic nitrogens is 1. The molecular formula is C23H27FN4O3. The predicted octanol–water partition coefficient (Wildman–Crippen LogP) is 3.87. The van der Waals surface area contributed by atoms with E-state index < -0.39 is 0 Å².